The lowest BCUT2D eigenvalue weighted by molar-refractivity contribution is 0.415. The molecule has 0 N–H and O–H groups in total. The van der Waals surface area contributed by atoms with Gasteiger partial charge in [-0.25, -0.2) is 0 Å². The van der Waals surface area contributed by atoms with E-state index in [1.807, 2.05) is 55.5 Å². The molecule has 2 aromatic carbocycles. The van der Waals surface area contributed by atoms with Gasteiger partial charge in [0.1, 0.15) is 11.8 Å². The van der Waals surface area contributed by atoms with Crippen molar-refractivity contribution in [2.45, 2.75) is 6.92 Å². The third-order valence-corrected chi connectivity index (χ3v) is 3.42. The molecule has 0 fully saturated rings. The summed E-state index contributed by atoms with van der Waals surface area (Å²) in [6.45, 7) is 2.01. The fraction of sp³-hybridized carbons (Fsp3) is 0.118. The van der Waals surface area contributed by atoms with Gasteiger partial charge in [-0.2, -0.15) is 5.26 Å². The number of hydrogen-bond acceptors (Lipinski definition) is 2. The second-order valence-corrected chi connectivity index (χ2v) is 4.77. The Balaban J connectivity index is 2.46. The van der Waals surface area contributed by atoms with Crippen LogP contribution in [0.25, 0.3) is 10.6 Å². The highest BCUT2D eigenvalue weighted by Crippen LogP contribution is 2.30. The van der Waals surface area contributed by atoms with Crippen molar-refractivity contribution in [2.75, 3.05) is 7.11 Å². The molecule has 0 unspecified atom stereocenters. The quantitative estimate of drug-likeness (QED) is 0.607. The molecule has 0 heterocycles. The molecule has 2 rings (SSSR count). The van der Waals surface area contributed by atoms with Crippen molar-refractivity contribution in [2.24, 2.45) is 0 Å². The average Bonchev–Trinajstić information content (AvgIpc) is 2.49. The first-order valence-electron chi connectivity index (χ1n) is 6.17. The lowest BCUT2D eigenvalue weighted by Gasteiger charge is -2.06. The molecule has 0 atom stereocenters. The summed E-state index contributed by atoms with van der Waals surface area (Å²) in [6.07, 6.45) is 0. The van der Waals surface area contributed by atoms with Crippen molar-refractivity contribution in [3.8, 4) is 11.8 Å². The maximum atomic E-state index is 9.37. The van der Waals surface area contributed by atoms with Gasteiger partial charge in [0.25, 0.3) is 0 Å². The predicted octanol–water partition coefficient (Wildman–Crippen LogP) is 4.63. The Morgan fingerprint density at radius 1 is 1.00 bits per heavy atom. The zero-order valence-electron chi connectivity index (χ0n) is 11.4. The summed E-state index contributed by atoms with van der Waals surface area (Å²) in [5.74, 6) is 0.748. The highest BCUT2D eigenvalue weighted by Gasteiger charge is 2.09. The van der Waals surface area contributed by atoms with Crippen LogP contribution in [-0.4, -0.2) is 7.11 Å². The summed E-state index contributed by atoms with van der Waals surface area (Å²) in [6, 6.07) is 17.2. The highest BCUT2D eigenvalue weighted by atomic mass is 35.5. The van der Waals surface area contributed by atoms with Gasteiger partial charge in [-0.1, -0.05) is 41.4 Å². The first-order chi connectivity index (χ1) is 9.65. The van der Waals surface area contributed by atoms with E-state index in [2.05, 4.69) is 6.07 Å². The van der Waals surface area contributed by atoms with Crippen molar-refractivity contribution < 1.29 is 4.74 Å². The molecule has 0 aromatic heterocycles. The molecule has 0 aliphatic heterocycles. The molecule has 0 aliphatic carbocycles. The van der Waals surface area contributed by atoms with Gasteiger partial charge in [-0.15, -0.1) is 0 Å². The fourth-order valence-electron chi connectivity index (χ4n) is 1.84. The van der Waals surface area contributed by atoms with Gasteiger partial charge < -0.3 is 4.74 Å². The van der Waals surface area contributed by atoms with E-state index in [-0.39, 0.29) is 0 Å². The van der Waals surface area contributed by atoms with Crippen LogP contribution in [-0.2, 0) is 0 Å². The van der Waals surface area contributed by atoms with E-state index in [4.69, 9.17) is 16.3 Å². The summed E-state index contributed by atoms with van der Waals surface area (Å²) in [5, 5.41) is 9.82. The first-order valence-corrected chi connectivity index (χ1v) is 6.55. The molecule has 0 amide bonds. The molecular weight excluding hydrogens is 270 g/mol. The molecule has 2 nitrogen and oxygen atoms in total. The molecule has 0 spiro atoms. The molecule has 0 radical (unpaired) electrons. The van der Waals surface area contributed by atoms with Gasteiger partial charge in [-0.05, 0) is 42.3 Å². The standard InChI is InChI=1S/C17H14ClNO/c1-12-3-5-14(6-4-12)17(18)16(11-19)13-7-9-15(20-2)10-8-13/h3-10H,1-2H3. The number of methoxy groups -OCH3 is 1. The minimum absolute atomic E-state index is 0.456. The van der Waals surface area contributed by atoms with E-state index in [9.17, 15) is 5.26 Å². The number of aryl methyl sites for hydroxylation is 1. The van der Waals surface area contributed by atoms with Crippen molar-refractivity contribution >= 4 is 22.2 Å². The molecule has 100 valence electrons. The molecule has 20 heavy (non-hydrogen) atoms. The average molecular weight is 284 g/mol. The van der Waals surface area contributed by atoms with Crippen LogP contribution in [0.1, 0.15) is 16.7 Å². The van der Waals surface area contributed by atoms with Crippen LogP contribution in [0.5, 0.6) is 5.75 Å². The van der Waals surface area contributed by atoms with Crippen molar-refractivity contribution in [3.63, 3.8) is 0 Å². The number of halogens is 1. The normalized spacial score (nSPS) is 11.5. The lowest BCUT2D eigenvalue weighted by atomic mass is 10.0. The number of rotatable bonds is 3. The van der Waals surface area contributed by atoms with Crippen LogP contribution in [0, 0.1) is 18.3 Å². The topological polar surface area (TPSA) is 33.0 Å². The maximum Gasteiger partial charge on any atom is 0.118 e. The van der Waals surface area contributed by atoms with Crippen molar-refractivity contribution in [3.05, 3.63) is 65.2 Å². The molecule has 0 saturated heterocycles. The number of allylic oxidation sites excluding steroid dienone is 1. The lowest BCUT2D eigenvalue weighted by Crippen LogP contribution is -1.88. The van der Waals surface area contributed by atoms with E-state index in [1.165, 1.54) is 0 Å². The van der Waals surface area contributed by atoms with E-state index in [0.29, 0.717) is 10.6 Å². The third-order valence-electron chi connectivity index (χ3n) is 3.02. The Labute approximate surface area is 123 Å². The van der Waals surface area contributed by atoms with Crippen LogP contribution >= 0.6 is 11.6 Å². The second-order valence-electron chi connectivity index (χ2n) is 4.40. The van der Waals surface area contributed by atoms with Crippen molar-refractivity contribution in [1.82, 2.24) is 0 Å². The van der Waals surface area contributed by atoms with E-state index in [0.717, 1.165) is 22.4 Å². The number of hydrogen-bond donors (Lipinski definition) is 0. The van der Waals surface area contributed by atoms with Gasteiger partial charge in [-0.3, -0.25) is 0 Å². The molecule has 0 saturated carbocycles. The van der Waals surface area contributed by atoms with E-state index in [1.54, 1.807) is 7.11 Å². The zero-order valence-corrected chi connectivity index (χ0v) is 12.1. The van der Waals surface area contributed by atoms with Crippen LogP contribution < -0.4 is 4.74 Å². The zero-order chi connectivity index (χ0) is 14.5. The number of benzene rings is 2. The highest BCUT2D eigenvalue weighted by molar-refractivity contribution is 6.53. The number of ether oxygens (including phenoxy) is 1. The van der Waals surface area contributed by atoms with E-state index < -0.39 is 0 Å². The molecule has 3 heteroatoms. The van der Waals surface area contributed by atoms with Gasteiger partial charge >= 0.3 is 0 Å². The Kier molecular flexibility index (Phi) is 4.45. The molecule has 0 bridgehead atoms. The Morgan fingerprint density at radius 3 is 2.05 bits per heavy atom. The number of nitrogens with zero attached hydrogens (tertiary/aromatic N) is 1. The van der Waals surface area contributed by atoms with Gasteiger partial charge in [0.2, 0.25) is 0 Å². The van der Waals surface area contributed by atoms with Gasteiger partial charge in [0.05, 0.1) is 17.7 Å². The van der Waals surface area contributed by atoms with Crippen LogP contribution in [0.3, 0.4) is 0 Å². The predicted molar refractivity (Wildman–Crippen MR) is 82.5 cm³/mol. The summed E-state index contributed by atoms with van der Waals surface area (Å²) in [4.78, 5) is 0. The Bertz CT molecular complexity index is 664. The Hall–Kier alpha value is -2.24. The summed E-state index contributed by atoms with van der Waals surface area (Å²) in [5.41, 5.74) is 3.22. The fourth-order valence-corrected chi connectivity index (χ4v) is 2.12. The summed E-state index contributed by atoms with van der Waals surface area (Å²) >= 11 is 6.36. The van der Waals surface area contributed by atoms with Crippen LogP contribution in [0.2, 0.25) is 0 Å². The molecule has 0 aliphatic rings. The molecular formula is C17H14ClNO. The second kappa shape index (κ2) is 6.27. The summed E-state index contributed by atoms with van der Waals surface area (Å²) < 4.78 is 5.11. The smallest absolute Gasteiger partial charge is 0.118 e. The minimum atomic E-state index is 0.456. The van der Waals surface area contributed by atoms with Crippen molar-refractivity contribution in [1.29, 1.82) is 5.26 Å². The van der Waals surface area contributed by atoms with Gasteiger partial charge in [0.15, 0.2) is 0 Å². The van der Waals surface area contributed by atoms with Gasteiger partial charge in [0, 0.05) is 0 Å². The Morgan fingerprint density at radius 2 is 1.55 bits per heavy atom. The largest absolute Gasteiger partial charge is 0.497 e. The number of nitriles is 1. The monoisotopic (exact) mass is 283 g/mol. The maximum absolute atomic E-state index is 9.37. The first kappa shape index (κ1) is 14.2. The van der Waals surface area contributed by atoms with Crippen LogP contribution in [0.4, 0.5) is 0 Å². The summed E-state index contributed by atoms with van der Waals surface area (Å²) in [7, 11) is 1.61. The third kappa shape index (κ3) is 3.01. The molecule has 2 aromatic rings. The minimum Gasteiger partial charge on any atom is -0.497 e. The van der Waals surface area contributed by atoms with E-state index >= 15 is 0 Å². The van der Waals surface area contributed by atoms with Crippen LogP contribution in [0.15, 0.2) is 48.5 Å². The SMILES string of the molecule is COc1ccc(C(C#N)=C(Cl)c2ccc(C)cc2)cc1.